The molecule has 9 heteroatoms. The number of hydrogen-bond donors (Lipinski definition) is 1. The zero-order chi connectivity index (χ0) is 19.3. The number of amides is 1. The van der Waals surface area contributed by atoms with Gasteiger partial charge < -0.3 is 10.1 Å². The Hall–Kier alpha value is -1.80. The van der Waals surface area contributed by atoms with E-state index < -0.39 is 35.3 Å². The summed E-state index contributed by atoms with van der Waals surface area (Å²) >= 11 is 5.84. The molecule has 1 atom stereocenters. The van der Waals surface area contributed by atoms with Gasteiger partial charge in [0.05, 0.1) is 29.4 Å². The van der Waals surface area contributed by atoms with E-state index in [1.54, 1.807) is 11.8 Å². The fourth-order valence-corrected chi connectivity index (χ4v) is 3.16. The van der Waals surface area contributed by atoms with Gasteiger partial charge in [-0.1, -0.05) is 24.1 Å². The summed E-state index contributed by atoms with van der Waals surface area (Å²) in [4.78, 5) is 26.0. The highest BCUT2D eigenvalue weighted by atomic mass is 35.5. The summed E-state index contributed by atoms with van der Waals surface area (Å²) in [5, 5.41) is 2.04. The lowest BCUT2D eigenvalue weighted by atomic mass is 10.0. The third-order valence-corrected chi connectivity index (χ3v) is 4.42. The van der Waals surface area contributed by atoms with Crippen LogP contribution in [-0.2, 0) is 20.5 Å². The van der Waals surface area contributed by atoms with Crippen LogP contribution >= 0.6 is 11.6 Å². The minimum absolute atomic E-state index is 0.200. The van der Waals surface area contributed by atoms with E-state index in [-0.39, 0.29) is 18.2 Å². The van der Waals surface area contributed by atoms with Crippen LogP contribution in [-0.4, -0.2) is 42.5 Å². The maximum Gasteiger partial charge on any atom is 0.418 e. The number of esters is 1. The smallest absolute Gasteiger partial charge is 0.418 e. The van der Waals surface area contributed by atoms with Gasteiger partial charge in [-0.25, -0.2) is 0 Å². The van der Waals surface area contributed by atoms with Crippen molar-refractivity contribution in [2.75, 3.05) is 25.0 Å². The van der Waals surface area contributed by atoms with Gasteiger partial charge >= 0.3 is 12.1 Å². The van der Waals surface area contributed by atoms with Crippen LogP contribution in [0.2, 0.25) is 5.02 Å². The molecule has 0 aromatic heterocycles. The lowest BCUT2D eigenvalue weighted by molar-refractivity contribution is -0.151. The molecule has 1 heterocycles. The number of piperidine rings is 1. The Morgan fingerprint density at radius 2 is 2.08 bits per heavy atom. The van der Waals surface area contributed by atoms with Crippen molar-refractivity contribution in [3.8, 4) is 0 Å². The number of rotatable bonds is 5. The molecule has 0 bridgehead atoms. The minimum atomic E-state index is -4.65. The van der Waals surface area contributed by atoms with Crippen LogP contribution in [0, 0.1) is 0 Å². The Balaban J connectivity index is 2.12. The summed E-state index contributed by atoms with van der Waals surface area (Å²) < 4.78 is 44.3. The van der Waals surface area contributed by atoms with Crippen LogP contribution < -0.4 is 5.32 Å². The van der Waals surface area contributed by atoms with Gasteiger partial charge in [-0.05, 0) is 38.4 Å². The van der Waals surface area contributed by atoms with Gasteiger partial charge in [0.25, 0.3) is 0 Å². The van der Waals surface area contributed by atoms with Crippen molar-refractivity contribution >= 4 is 29.2 Å². The average molecular weight is 393 g/mol. The number of nitrogens with one attached hydrogen (secondary N) is 1. The fourth-order valence-electron chi connectivity index (χ4n) is 2.94. The van der Waals surface area contributed by atoms with Crippen molar-refractivity contribution in [1.29, 1.82) is 0 Å². The number of nitrogens with zero attached hydrogens (tertiary/aromatic N) is 1. The first kappa shape index (κ1) is 20.5. The Kier molecular flexibility index (Phi) is 6.88. The standard InChI is InChI=1S/C17H20ClF3N2O3/c1-2-26-16(25)13-8-3-4-9-23(13)10-14(24)22-15-11(17(19,20)21)6-5-7-12(15)18/h5-7,13H,2-4,8-10H2,1H3,(H,22,24). The molecule has 1 unspecified atom stereocenters. The Morgan fingerprint density at radius 1 is 1.35 bits per heavy atom. The molecule has 26 heavy (non-hydrogen) atoms. The first-order valence-electron chi connectivity index (χ1n) is 8.30. The molecule has 2 rings (SSSR count). The van der Waals surface area contributed by atoms with Gasteiger partial charge in [-0.3, -0.25) is 14.5 Å². The maximum atomic E-state index is 13.1. The number of carbonyl (C=O) groups is 2. The van der Waals surface area contributed by atoms with Gasteiger partial charge in [0.15, 0.2) is 0 Å². The summed E-state index contributed by atoms with van der Waals surface area (Å²) in [7, 11) is 0. The van der Waals surface area contributed by atoms with Crippen LogP contribution in [0.25, 0.3) is 0 Å². The number of likely N-dealkylation sites (tertiary alicyclic amines) is 1. The van der Waals surface area contributed by atoms with Crippen molar-refractivity contribution in [2.45, 2.75) is 38.4 Å². The second kappa shape index (κ2) is 8.73. The Bertz CT molecular complexity index is 667. The molecule has 0 spiro atoms. The zero-order valence-electron chi connectivity index (χ0n) is 14.2. The second-order valence-corrected chi connectivity index (χ2v) is 6.35. The van der Waals surface area contributed by atoms with Crippen LogP contribution in [0.3, 0.4) is 0 Å². The van der Waals surface area contributed by atoms with Gasteiger partial charge in [-0.15, -0.1) is 0 Å². The molecule has 1 N–H and O–H groups in total. The molecule has 5 nitrogen and oxygen atoms in total. The highest BCUT2D eigenvalue weighted by Gasteiger charge is 2.35. The molecule has 1 amide bonds. The van der Waals surface area contributed by atoms with E-state index in [9.17, 15) is 22.8 Å². The predicted octanol–water partition coefficient (Wildman–Crippen LogP) is 3.71. The topological polar surface area (TPSA) is 58.6 Å². The summed E-state index contributed by atoms with van der Waals surface area (Å²) in [6.07, 6.45) is -2.48. The van der Waals surface area contributed by atoms with Gasteiger partial charge in [0.1, 0.15) is 6.04 Å². The molecule has 1 aliphatic rings. The molecule has 1 aliphatic heterocycles. The SMILES string of the molecule is CCOC(=O)C1CCCCN1CC(=O)Nc1c(Cl)cccc1C(F)(F)F. The number of anilines is 1. The van der Waals surface area contributed by atoms with Crippen molar-refractivity contribution in [3.05, 3.63) is 28.8 Å². The molecular weight excluding hydrogens is 373 g/mol. The fraction of sp³-hybridized carbons (Fsp3) is 0.529. The third kappa shape index (κ3) is 5.11. The molecule has 1 saturated heterocycles. The molecular formula is C17H20ClF3N2O3. The molecule has 1 aromatic rings. The van der Waals surface area contributed by atoms with Gasteiger partial charge in [0, 0.05) is 0 Å². The number of hydrogen-bond acceptors (Lipinski definition) is 4. The average Bonchev–Trinajstić information content (AvgIpc) is 2.56. The number of ether oxygens (including phenoxy) is 1. The van der Waals surface area contributed by atoms with Gasteiger partial charge in [0.2, 0.25) is 5.91 Å². The first-order chi connectivity index (χ1) is 12.2. The summed E-state index contributed by atoms with van der Waals surface area (Å²) in [6, 6.07) is 2.73. The summed E-state index contributed by atoms with van der Waals surface area (Å²) in [6.45, 7) is 2.19. The quantitative estimate of drug-likeness (QED) is 0.776. The van der Waals surface area contributed by atoms with E-state index in [1.165, 1.54) is 12.1 Å². The molecule has 1 fully saturated rings. The maximum absolute atomic E-state index is 13.1. The number of para-hydroxylation sites is 1. The van der Waals surface area contributed by atoms with E-state index in [4.69, 9.17) is 16.3 Å². The summed E-state index contributed by atoms with van der Waals surface area (Å²) in [5.74, 6) is -1.09. The number of benzene rings is 1. The molecule has 0 aliphatic carbocycles. The van der Waals surface area contributed by atoms with Crippen molar-refractivity contribution < 1.29 is 27.5 Å². The third-order valence-electron chi connectivity index (χ3n) is 4.10. The molecule has 0 saturated carbocycles. The molecule has 1 aromatic carbocycles. The second-order valence-electron chi connectivity index (χ2n) is 5.94. The Labute approximate surface area is 154 Å². The molecule has 144 valence electrons. The molecule has 0 radical (unpaired) electrons. The first-order valence-corrected chi connectivity index (χ1v) is 8.68. The number of alkyl halides is 3. The van der Waals surface area contributed by atoms with Crippen molar-refractivity contribution in [1.82, 2.24) is 4.90 Å². The van der Waals surface area contributed by atoms with Gasteiger partial charge in [-0.2, -0.15) is 13.2 Å². The normalized spacial score (nSPS) is 18.4. The van der Waals surface area contributed by atoms with E-state index >= 15 is 0 Å². The number of carbonyl (C=O) groups excluding carboxylic acids is 2. The van der Waals surface area contributed by atoms with E-state index in [1.807, 2.05) is 0 Å². The summed E-state index contributed by atoms with van der Waals surface area (Å²) in [5.41, 5.74) is -1.49. The lowest BCUT2D eigenvalue weighted by Gasteiger charge is -2.33. The minimum Gasteiger partial charge on any atom is -0.465 e. The monoisotopic (exact) mass is 392 g/mol. The van der Waals surface area contributed by atoms with E-state index in [2.05, 4.69) is 5.32 Å². The van der Waals surface area contributed by atoms with Crippen LogP contribution in [0.15, 0.2) is 18.2 Å². The highest BCUT2D eigenvalue weighted by Crippen LogP contribution is 2.38. The van der Waals surface area contributed by atoms with E-state index in [0.29, 0.717) is 13.0 Å². The highest BCUT2D eigenvalue weighted by molar-refractivity contribution is 6.34. The van der Waals surface area contributed by atoms with Crippen molar-refractivity contribution in [3.63, 3.8) is 0 Å². The van der Waals surface area contributed by atoms with Crippen LogP contribution in [0.5, 0.6) is 0 Å². The largest absolute Gasteiger partial charge is 0.465 e. The van der Waals surface area contributed by atoms with Crippen molar-refractivity contribution in [2.24, 2.45) is 0 Å². The zero-order valence-corrected chi connectivity index (χ0v) is 15.0. The predicted molar refractivity (Wildman–Crippen MR) is 90.9 cm³/mol. The van der Waals surface area contributed by atoms with Crippen LogP contribution in [0.4, 0.5) is 18.9 Å². The Morgan fingerprint density at radius 3 is 2.73 bits per heavy atom. The number of halogens is 4. The van der Waals surface area contributed by atoms with Crippen LogP contribution in [0.1, 0.15) is 31.7 Å². The van der Waals surface area contributed by atoms with E-state index in [0.717, 1.165) is 18.9 Å². The lowest BCUT2D eigenvalue weighted by Crippen LogP contribution is -2.48.